The summed E-state index contributed by atoms with van der Waals surface area (Å²) in [5, 5.41) is 14.6. The van der Waals surface area contributed by atoms with Crippen LogP contribution >= 0.6 is 12.2 Å². The van der Waals surface area contributed by atoms with Gasteiger partial charge in [0.1, 0.15) is 0 Å². The molecule has 0 bridgehead atoms. The lowest BCUT2D eigenvalue weighted by molar-refractivity contribution is -0.385. The maximum absolute atomic E-state index is 12.6. The fraction of sp³-hybridized carbons (Fsp3) is 0.500. The Labute approximate surface area is 146 Å². The van der Waals surface area contributed by atoms with E-state index in [-0.39, 0.29) is 10.6 Å². The number of thiocarbonyl (C=S) groups is 1. The topological polar surface area (TPSA) is 95.8 Å². The molecule has 0 amide bonds. The summed E-state index contributed by atoms with van der Waals surface area (Å²) in [5.74, 6) is 0. The zero-order valence-corrected chi connectivity index (χ0v) is 15.0. The van der Waals surface area contributed by atoms with Crippen molar-refractivity contribution < 1.29 is 13.3 Å². The highest BCUT2D eigenvalue weighted by Gasteiger charge is 2.30. The van der Waals surface area contributed by atoms with E-state index in [1.807, 2.05) is 11.8 Å². The summed E-state index contributed by atoms with van der Waals surface area (Å²) in [4.78, 5) is 12.1. The lowest BCUT2D eigenvalue weighted by Gasteiger charge is -2.35. The van der Waals surface area contributed by atoms with Gasteiger partial charge < -0.3 is 10.2 Å². The summed E-state index contributed by atoms with van der Waals surface area (Å²) in [6, 6.07) is 5.12. The van der Waals surface area contributed by atoms with E-state index in [2.05, 4.69) is 5.32 Å². The van der Waals surface area contributed by atoms with Crippen molar-refractivity contribution >= 4 is 33.0 Å². The van der Waals surface area contributed by atoms with Crippen molar-refractivity contribution in [1.82, 2.24) is 14.5 Å². The predicted molar refractivity (Wildman–Crippen MR) is 94.3 cm³/mol. The number of nitrogens with zero attached hydrogens (tertiary/aromatic N) is 3. The monoisotopic (exact) mass is 372 g/mol. The number of piperazine rings is 1. The molecule has 132 valence electrons. The van der Waals surface area contributed by atoms with E-state index in [9.17, 15) is 18.5 Å². The molecule has 0 unspecified atom stereocenters. The van der Waals surface area contributed by atoms with Crippen LogP contribution in [-0.4, -0.2) is 60.4 Å². The number of nitro benzene ring substituents is 1. The Morgan fingerprint density at radius 3 is 2.58 bits per heavy atom. The molecule has 24 heavy (non-hydrogen) atoms. The van der Waals surface area contributed by atoms with Crippen LogP contribution in [0.25, 0.3) is 0 Å². The van der Waals surface area contributed by atoms with Gasteiger partial charge in [0.2, 0.25) is 10.0 Å². The van der Waals surface area contributed by atoms with E-state index in [0.29, 0.717) is 31.3 Å². The van der Waals surface area contributed by atoms with Crippen LogP contribution in [0.2, 0.25) is 0 Å². The van der Waals surface area contributed by atoms with Crippen molar-refractivity contribution in [3.63, 3.8) is 0 Å². The number of hydrogen-bond acceptors (Lipinski definition) is 5. The van der Waals surface area contributed by atoms with Crippen LogP contribution in [-0.2, 0) is 10.0 Å². The molecule has 0 aromatic heterocycles. The highest BCUT2D eigenvalue weighted by Crippen LogP contribution is 2.22. The van der Waals surface area contributed by atoms with Gasteiger partial charge in [-0.1, -0.05) is 13.0 Å². The number of hydrogen-bond donors (Lipinski definition) is 1. The van der Waals surface area contributed by atoms with Crippen LogP contribution in [0.5, 0.6) is 0 Å². The molecule has 10 heteroatoms. The quantitative estimate of drug-likeness (QED) is 0.471. The average molecular weight is 372 g/mol. The maximum Gasteiger partial charge on any atom is 0.270 e. The van der Waals surface area contributed by atoms with Gasteiger partial charge in [-0.2, -0.15) is 4.31 Å². The van der Waals surface area contributed by atoms with Gasteiger partial charge >= 0.3 is 0 Å². The van der Waals surface area contributed by atoms with E-state index in [4.69, 9.17) is 12.2 Å². The third-order valence-corrected chi connectivity index (χ3v) is 6.02. The van der Waals surface area contributed by atoms with Gasteiger partial charge in [-0.05, 0) is 24.7 Å². The summed E-state index contributed by atoms with van der Waals surface area (Å²) < 4.78 is 26.6. The average Bonchev–Trinajstić information content (AvgIpc) is 2.59. The van der Waals surface area contributed by atoms with Crippen molar-refractivity contribution in [2.75, 3.05) is 32.7 Å². The molecule has 0 saturated carbocycles. The highest BCUT2D eigenvalue weighted by atomic mass is 32.2. The molecule has 0 spiro atoms. The first kappa shape index (κ1) is 18.6. The predicted octanol–water partition coefficient (Wildman–Crippen LogP) is 1.19. The molecule has 1 fully saturated rings. The van der Waals surface area contributed by atoms with E-state index in [1.54, 1.807) is 0 Å². The molecular weight excluding hydrogens is 352 g/mol. The normalized spacial score (nSPS) is 16.0. The Hall–Kier alpha value is -1.78. The van der Waals surface area contributed by atoms with E-state index in [0.717, 1.165) is 19.0 Å². The van der Waals surface area contributed by atoms with Gasteiger partial charge in [-0.3, -0.25) is 10.1 Å². The first-order valence-corrected chi connectivity index (χ1v) is 9.48. The standard InChI is InChI=1S/C14H20N4O4S2/c1-2-6-15-14(23)16-7-9-17(10-8-16)24(21,22)13-5-3-4-12(11-13)18(19)20/h3-5,11H,2,6-10H2,1H3,(H,15,23). The number of sulfonamides is 1. The van der Waals surface area contributed by atoms with E-state index in [1.165, 1.54) is 22.5 Å². The van der Waals surface area contributed by atoms with Crippen LogP contribution in [0, 0.1) is 10.1 Å². The summed E-state index contributed by atoms with van der Waals surface area (Å²) in [6.45, 7) is 4.38. The van der Waals surface area contributed by atoms with Gasteiger partial charge in [0.05, 0.1) is 9.82 Å². The largest absolute Gasteiger partial charge is 0.363 e. The van der Waals surface area contributed by atoms with Crippen LogP contribution in [0.3, 0.4) is 0 Å². The minimum Gasteiger partial charge on any atom is -0.363 e. The molecule has 1 aliphatic rings. The summed E-state index contributed by atoms with van der Waals surface area (Å²) in [7, 11) is -3.75. The third kappa shape index (κ3) is 4.19. The van der Waals surface area contributed by atoms with Gasteiger partial charge in [0.25, 0.3) is 5.69 Å². The lowest BCUT2D eigenvalue weighted by Crippen LogP contribution is -2.53. The minimum atomic E-state index is -3.75. The number of benzene rings is 1. The Morgan fingerprint density at radius 2 is 2.00 bits per heavy atom. The Bertz CT molecular complexity index is 715. The molecule has 1 N–H and O–H groups in total. The number of nitrogens with one attached hydrogen (secondary N) is 1. The van der Waals surface area contributed by atoms with E-state index < -0.39 is 14.9 Å². The second-order valence-electron chi connectivity index (χ2n) is 5.38. The van der Waals surface area contributed by atoms with Crippen molar-refractivity contribution in [2.45, 2.75) is 18.2 Å². The molecule has 2 rings (SSSR count). The summed E-state index contributed by atoms with van der Waals surface area (Å²) in [5.41, 5.74) is -0.236. The number of nitro groups is 1. The zero-order valence-electron chi connectivity index (χ0n) is 13.3. The van der Waals surface area contributed by atoms with Crippen molar-refractivity contribution in [3.05, 3.63) is 34.4 Å². The third-order valence-electron chi connectivity index (χ3n) is 3.72. The smallest absolute Gasteiger partial charge is 0.270 e. The number of non-ortho nitro benzene ring substituents is 1. The molecule has 1 aliphatic heterocycles. The molecule has 8 nitrogen and oxygen atoms in total. The van der Waals surface area contributed by atoms with Crippen LogP contribution in [0.15, 0.2) is 29.2 Å². The second kappa shape index (κ2) is 7.86. The molecule has 0 radical (unpaired) electrons. The van der Waals surface area contributed by atoms with Crippen LogP contribution in [0.4, 0.5) is 5.69 Å². The molecule has 0 atom stereocenters. The molecule has 1 heterocycles. The van der Waals surface area contributed by atoms with Gasteiger partial charge in [0, 0.05) is 44.9 Å². The van der Waals surface area contributed by atoms with Gasteiger partial charge in [0.15, 0.2) is 5.11 Å². The second-order valence-corrected chi connectivity index (χ2v) is 7.70. The Balaban J connectivity index is 2.06. The molecule has 1 aromatic carbocycles. The number of rotatable bonds is 5. The fourth-order valence-corrected chi connectivity index (χ4v) is 4.13. The van der Waals surface area contributed by atoms with Gasteiger partial charge in [-0.15, -0.1) is 0 Å². The fourth-order valence-electron chi connectivity index (χ4n) is 2.38. The molecule has 1 aromatic rings. The SMILES string of the molecule is CCCNC(=S)N1CCN(S(=O)(=O)c2cccc([N+](=O)[O-])c2)CC1. The Morgan fingerprint density at radius 1 is 1.33 bits per heavy atom. The first-order valence-electron chi connectivity index (χ1n) is 7.63. The van der Waals surface area contributed by atoms with Crippen molar-refractivity contribution in [1.29, 1.82) is 0 Å². The summed E-state index contributed by atoms with van der Waals surface area (Å²) in [6.07, 6.45) is 0.960. The lowest BCUT2D eigenvalue weighted by atomic mass is 10.3. The van der Waals surface area contributed by atoms with Gasteiger partial charge in [-0.25, -0.2) is 8.42 Å². The maximum atomic E-state index is 12.6. The zero-order chi connectivity index (χ0) is 17.7. The Kier molecular flexibility index (Phi) is 6.08. The minimum absolute atomic E-state index is 0.0585. The first-order chi connectivity index (χ1) is 11.4. The highest BCUT2D eigenvalue weighted by molar-refractivity contribution is 7.89. The van der Waals surface area contributed by atoms with Crippen LogP contribution < -0.4 is 5.32 Å². The molecular formula is C14H20N4O4S2. The van der Waals surface area contributed by atoms with Crippen LogP contribution in [0.1, 0.15) is 13.3 Å². The van der Waals surface area contributed by atoms with E-state index >= 15 is 0 Å². The molecule has 1 saturated heterocycles. The van der Waals surface area contributed by atoms with Crippen molar-refractivity contribution in [2.24, 2.45) is 0 Å². The van der Waals surface area contributed by atoms with Crippen molar-refractivity contribution in [3.8, 4) is 0 Å². The molecule has 0 aliphatic carbocycles. The summed E-state index contributed by atoms with van der Waals surface area (Å²) >= 11 is 5.28.